The van der Waals surface area contributed by atoms with E-state index in [1.54, 1.807) is 6.07 Å². The number of nitrogens with zero attached hydrogens (tertiary/aromatic N) is 3. The highest BCUT2D eigenvalue weighted by molar-refractivity contribution is 14.1. The van der Waals surface area contributed by atoms with Crippen molar-refractivity contribution in [1.29, 1.82) is 0 Å². The van der Waals surface area contributed by atoms with Gasteiger partial charge in [-0.3, -0.25) is 0 Å². The Hall–Kier alpha value is -2.26. The van der Waals surface area contributed by atoms with E-state index in [0.29, 0.717) is 17.7 Å². The van der Waals surface area contributed by atoms with Gasteiger partial charge < -0.3 is 14.8 Å². The minimum Gasteiger partial charge on any atom is -0.491 e. The summed E-state index contributed by atoms with van der Waals surface area (Å²) in [6.07, 6.45) is -3.83. The van der Waals surface area contributed by atoms with Crippen LogP contribution in [0.3, 0.4) is 0 Å². The highest BCUT2D eigenvalue weighted by Crippen LogP contribution is 2.33. The Bertz CT molecular complexity index is 1180. The molecule has 0 radical (unpaired) electrons. The smallest absolute Gasteiger partial charge is 0.419 e. The standard InChI is InChI=1S/C20H16ClF4IN4O3S/c1-32-18(31)16-15(3-2-6-33-14-5-4-10(26)7-13(14)22)34-19(28-16)27-9-11-8-12(20(23,24)25)17(21)30-29-11/h4-5,7-8H,2-3,6,9H2,1H3,(H,27,28). The van der Waals surface area contributed by atoms with E-state index >= 15 is 0 Å². The SMILES string of the molecule is COC(=O)c1nc(NCc2cc(C(F)(F)F)c(Cl)nn2)sc1CCCOc1ccc(I)cc1F. The lowest BCUT2D eigenvalue weighted by atomic mass is 10.2. The van der Waals surface area contributed by atoms with Gasteiger partial charge in [0.15, 0.2) is 27.5 Å². The number of benzene rings is 1. The third-order valence-electron chi connectivity index (χ3n) is 4.30. The number of rotatable bonds is 9. The number of methoxy groups -OCH3 is 1. The summed E-state index contributed by atoms with van der Waals surface area (Å²) < 4.78 is 63.8. The molecule has 14 heteroatoms. The average Bonchev–Trinajstić information content (AvgIpc) is 3.19. The summed E-state index contributed by atoms with van der Waals surface area (Å²) in [5.41, 5.74) is -1.03. The third kappa shape index (κ3) is 6.88. The zero-order chi connectivity index (χ0) is 24.9. The van der Waals surface area contributed by atoms with E-state index in [9.17, 15) is 22.4 Å². The highest BCUT2D eigenvalue weighted by atomic mass is 127. The monoisotopic (exact) mass is 630 g/mol. The number of alkyl halides is 3. The van der Waals surface area contributed by atoms with Crippen molar-refractivity contribution in [1.82, 2.24) is 15.2 Å². The topological polar surface area (TPSA) is 86.2 Å². The number of carbonyl (C=O) groups is 1. The predicted octanol–water partition coefficient (Wildman–Crippen LogP) is 5.76. The van der Waals surface area contributed by atoms with Gasteiger partial charge in [0.1, 0.15) is 0 Å². The Morgan fingerprint density at radius 3 is 2.71 bits per heavy atom. The molecule has 1 aromatic carbocycles. The van der Waals surface area contributed by atoms with Crippen molar-refractivity contribution in [2.45, 2.75) is 25.6 Å². The van der Waals surface area contributed by atoms with Crippen molar-refractivity contribution in [2.75, 3.05) is 19.0 Å². The molecule has 2 aromatic heterocycles. The van der Waals surface area contributed by atoms with Crippen LogP contribution in [-0.2, 0) is 23.9 Å². The van der Waals surface area contributed by atoms with Crippen LogP contribution in [0.4, 0.5) is 22.7 Å². The second kappa shape index (κ2) is 11.4. The molecule has 0 unspecified atom stereocenters. The van der Waals surface area contributed by atoms with Crippen LogP contribution < -0.4 is 10.1 Å². The maximum atomic E-state index is 13.9. The van der Waals surface area contributed by atoms with Crippen molar-refractivity contribution in [3.8, 4) is 5.75 Å². The quantitative estimate of drug-likeness (QED) is 0.139. The molecule has 0 saturated carbocycles. The van der Waals surface area contributed by atoms with Crippen LogP contribution in [0.15, 0.2) is 24.3 Å². The van der Waals surface area contributed by atoms with Gasteiger partial charge >= 0.3 is 12.1 Å². The molecule has 3 aromatic rings. The first-order valence-electron chi connectivity index (χ1n) is 9.57. The van der Waals surface area contributed by atoms with Gasteiger partial charge in [-0.1, -0.05) is 11.6 Å². The predicted molar refractivity (Wildman–Crippen MR) is 126 cm³/mol. The van der Waals surface area contributed by atoms with Gasteiger partial charge in [0.2, 0.25) is 0 Å². The molecule has 0 saturated heterocycles. The maximum Gasteiger partial charge on any atom is 0.419 e. The van der Waals surface area contributed by atoms with Gasteiger partial charge in [0, 0.05) is 8.45 Å². The fraction of sp³-hybridized carbons (Fsp3) is 0.300. The summed E-state index contributed by atoms with van der Waals surface area (Å²) in [5, 5.41) is 9.35. The minimum absolute atomic E-state index is 0.0129. The number of thiazole rings is 1. The lowest BCUT2D eigenvalue weighted by Gasteiger charge is -2.09. The Morgan fingerprint density at radius 2 is 2.03 bits per heavy atom. The van der Waals surface area contributed by atoms with Crippen molar-refractivity contribution in [3.05, 3.63) is 60.6 Å². The largest absolute Gasteiger partial charge is 0.491 e. The van der Waals surface area contributed by atoms with E-state index in [1.807, 2.05) is 22.6 Å². The molecular formula is C20H16ClF4IN4O3S. The molecule has 0 bridgehead atoms. The lowest BCUT2D eigenvalue weighted by molar-refractivity contribution is -0.137. The Morgan fingerprint density at radius 1 is 1.26 bits per heavy atom. The van der Waals surface area contributed by atoms with E-state index in [-0.39, 0.29) is 35.4 Å². The van der Waals surface area contributed by atoms with E-state index in [4.69, 9.17) is 21.1 Å². The molecule has 0 atom stereocenters. The molecule has 7 nitrogen and oxygen atoms in total. The van der Waals surface area contributed by atoms with E-state index in [0.717, 1.165) is 21.0 Å². The second-order valence-corrected chi connectivity index (χ2v) is 9.39. The summed E-state index contributed by atoms with van der Waals surface area (Å²) >= 11 is 8.61. The number of hydrogen-bond donors (Lipinski definition) is 1. The fourth-order valence-electron chi connectivity index (χ4n) is 2.73. The first kappa shape index (κ1) is 26.3. The Balaban J connectivity index is 1.65. The molecule has 3 rings (SSSR count). The second-order valence-electron chi connectivity index (χ2n) is 6.70. The molecule has 0 aliphatic rings. The number of ether oxygens (including phenoxy) is 2. The summed E-state index contributed by atoms with van der Waals surface area (Å²) in [6, 6.07) is 5.40. The van der Waals surface area contributed by atoms with Gasteiger partial charge in [-0.25, -0.2) is 14.2 Å². The fourth-order valence-corrected chi connectivity index (χ4v) is 4.37. The first-order chi connectivity index (χ1) is 16.1. The number of esters is 1. The van der Waals surface area contributed by atoms with Crippen LogP contribution >= 0.6 is 45.5 Å². The normalized spacial score (nSPS) is 11.4. The Kier molecular flexibility index (Phi) is 8.87. The number of carbonyl (C=O) groups excluding carboxylic acids is 1. The van der Waals surface area contributed by atoms with Crippen LogP contribution in [-0.4, -0.2) is 34.9 Å². The number of aryl methyl sites for hydroxylation is 1. The van der Waals surface area contributed by atoms with Gasteiger partial charge in [0.25, 0.3) is 0 Å². The molecule has 182 valence electrons. The molecule has 0 amide bonds. The molecule has 1 N–H and O–H groups in total. The Labute approximate surface area is 214 Å². The van der Waals surface area contributed by atoms with E-state index in [2.05, 4.69) is 20.5 Å². The van der Waals surface area contributed by atoms with Crippen molar-refractivity contribution in [2.24, 2.45) is 0 Å². The van der Waals surface area contributed by atoms with Gasteiger partial charge in [-0.2, -0.15) is 18.3 Å². The number of anilines is 1. The van der Waals surface area contributed by atoms with Crippen LogP contribution in [0.1, 0.15) is 33.0 Å². The van der Waals surface area contributed by atoms with Crippen LogP contribution in [0.5, 0.6) is 5.75 Å². The number of hydrogen-bond acceptors (Lipinski definition) is 8. The number of halogens is 6. The average molecular weight is 631 g/mol. The highest BCUT2D eigenvalue weighted by Gasteiger charge is 2.34. The number of nitrogens with one attached hydrogen (secondary N) is 1. The van der Waals surface area contributed by atoms with Gasteiger partial charge in [0.05, 0.1) is 31.5 Å². The van der Waals surface area contributed by atoms with Crippen molar-refractivity contribution in [3.63, 3.8) is 0 Å². The summed E-state index contributed by atoms with van der Waals surface area (Å²) in [4.78, 5) is 16.9. The van der Waals surface area contributed by atoms with E-state index < -0.39 is 28.7 Å². The molecule has 0 spiro atoms. The molecule has 0 aliphatic carbocycles. The minimum atomic E-state index is -4.67. The molecule has 0 fully saturated rings. The van der Waals surface area contributed by atoms with Crippen LogP contribution in [0, 0.1) is 9.39 Å². The lowest BCUT2D eigenvalue weighted by Crippen LogP contribution is -2.11. The van der Waals surface area contributed by atoms with Crippen LogP contribution in [0.2, 0.25) is 5.15 Å². The summed E-state index contributed by atoms with van der Waals surface area (Å²) in [7, 11) is 1.21. The molecule has 34 heavy (non-hydrogen) atoms. The first-order valence-corrected chi connectivity index (χ1v) is 11.8. The molecule has 2 heterocycles. The van der Waals surface area contributed by atoms with E-state index in [1.165, 1.54) is 19.2 Å². The molecule has 0 aliphatic heterocycles. The van der Waals surface area contributed by atoms with Gasteiger partial charge in [-0.05, 0) is 59.7 Å². The number of aromatic nitrogens is 3. The summed E-state index contributed by atoms with van der Waals surface area (Å²) in [6.45, 7) is 0.0649. The van der Waals surface area contributed by atoms with Crippen LogP contribution in [0.25, 0.3) is 0 Å². The third-order valence-corrected chi connectivity index (χ3v) is 6.32. The van der Waals surface area contributed by atoms with Gasteiger partial charge in [-0.15, -0.1) is 16.4 Å². The van der Waals surface area contributed by atoms with Crippen molar-refractivity contribution < 1.29 is 31.8 Å². The zero-order valence-corrected chi connectivity index (χ0v) is 21.1. The molecular weight excluding hydrogens is 615 g/mol. The summed E-state index contributed by atoms with van der Waals surface area (Å²) in [5.74, 6) is -0.998. The maximum absolute atomic E-state index is 13.9. The van der Waals surface area contributed by atoms with Crippen molar-refractivity contribution >= 4 is 56.6 Å². The zero-order valence-electron chi connectivity index (χ0n) is 17.4.